The van der Waals surface area contributed by atoms with Gasteiger partial charge in [-0.1, -0.05) is 85.6 Å². The Hall–Kier alpha value is -3.42. The number of sulfone groups is 1. The summed E-state index contributed by atoms with van der Waals surface area (Å²) in [6, 6.07) is 8.76. The molecule has 4 atom stereocenters. The normalized spacial score (nSPS) is 22.0. The van der Waals surface area contributed by atoms with Crippen LogP contribution in [0.15, 0.2) is 35.5 Å². The summed E-state index contributed by atoms with van der Waals surface area (Å²) >= 11 is 0. The summed E-state index contributed by atoms with van der Waals surface area (Å²) in [6.07, 6.45) is 3.96. The number of aromatic nitrogens is 3. The van der Waals surface area contributed by atoms with Crippen LogP contribution in [0, 0.1) is 40.9 Å². The SMILES string of the molecule is CCS(=O)(=O)c1nc2c3c(nc(-c4cccc5ccc(F)c(C#C[Si](C(C)C)(C(C)C)C(C)C)c45)c(F)c3n1)C[C@H](C)[C@H]1[C@@H]3CC[C@@H](C3)CN21. The third kappa shape index (κ3) is 5.37. The molecule has 1 saturated carbocycles. The highest BCUT2D eigenvalue weighted by Gasteiger charge is 2.46. The molecule has 50 heavy (non-hydrogen) atoms. The van der Waals surface area contributed by atoms with Crippen molar-refractivity contribution in [2.24, 2.45) is 17.8 Å². The number of pyridine rings is 1. The van der Waals surface area contributed by atoms with Gasteiger partial charge in [-0.25, -0.2) is 32.2 Å². The van der Waals surface area contributed by atoms with Crippen LogP contribution in [-0.2, 0) is 16.3 Å². The molecule has 1 aliphatic carbocycles. The van der Waals surface area contributed by atoms with E-state index in [0.717, 1.165) is 31.2 Å². The second-order valence-electron chi connectivity index (χ2n) is 15.9. The quantitative estimate of drug-likeness (QED) is 0.113. The average Bonchev–Trinajstić information content (AvgIpc) is 3.39. The Morgan fingerprint density at radius 1 is 0.960 bits per heavy atom. The zero-order valence-electron chi connectivity index (χ0n) is 30.4. The highest BCUT2D eigenvalue weighted by Crippen LogP contribution is 2.49. The van der Waals surface area contributed by atoms with Gasteiger partial charge in [0.2, 0.25) is 15.0 Å². The lowest BCUT2D eigenvalue weighted by molar-refractivity contribution is 0.265. The van der Waals surface area contributed by atoms with E-state index in [0.29, 0.717) is 62.7 Å². The molecule has 1 saturated heterocycles. The number of anilines is 1. The molecule has 2 fully saturated rings. The third-order valence-electron chi connectivity index (χ3n) is 12.2. The van der Waals surface area contributed by atoms with Crippen molar-refractivity contribution in [2.45, 2.75) is 109 Å². The molecule has 264 valence electrons. The van der Waals surface area contributed by atoms with Gasteiger partial charge in [0.25, 0.3) is 0 Å². The van der Waals surface area contributed by atoms with E-state index in [2.05, 4.69) is 69.8 Å². The van der Waals surface area contributed by atoms with Gasteiger partial charge in [-0.15, -0.1) is 5.54 Å². The van der Waals surface area contributed by atoms with E-state index in [4.69, 9.17) is 9.97 Å². The van der Waals surface area contributed by atoms with Gasteiger partial charge in [0.15, 0.2) is 5.82 Å². The van der Waals surface area contributed by atoms with Crippen molar-refractivity contribution >= 4 is 45.4 Å². The summed E-state index contributed by atoms with van der Waals surface area (Å²) < 4.78 is 60.1. The van der Waals surface area contributed by atoms with E-state index < -0.39 is 29.5 Å². The molecule has 0 N–H and O–H groups in total. The lowest BCUT2D eigenvalue weighted by Gasteiger charge is -2.43. The van der Waals surface area contributed by atoms with Crippen LogP contribution in [-0.4, -0.2) is 49.8 Å². The van der Waals surface area contributed by atoms with E-state index in [1.807, 2.05) is 12.1 Å². The highest BCUT2D eigenvalue weighted by molar-refractivity contribution is 7.91. The Morgan fingerprint density at radius 2 is 1.68 bits per heavy atom. The molecule has 4 aromatic rings. The van der Waals surface area contributed by atoms with Gasteiger partial charge in [-0.3, -0.25) is 0 Å². The molecule has 0 radical (unpaired) electrons. The minimum Gasteiger partial charge on any atom is -0.352 e. The molecular formula is C40H48F2N4O2SSi. The van der Waals surface area contributed by atoms with Crippen LogP contribution in [0.3, 0.4) is 0 Å². The standard InChI is InChI=1S/C40H48F2N4O2SSi/c1-9-49(47,48)40-44-37-34-32(19-25(8)38-28-14-13-26(20-28)21-46(38)39(34)45-40)43-36(35(37)42)30-12-10-11-27-15-16-31(41)29(33(27)30)17-18-50(22(2)3,23(4)5)24(6)7/h10-12,15-16,22-26,28,38H,9,13-14,19-21H2,1-8H3/t25-,26-,28+,38-/m0/s1. The summed E-state index contributed by atoms with van der Waals surface area (Å²) in [5, 5.41) is 1.36. The molecule has 0 spiro atoms. The van der Waals surface area contributed by atoms with E-state index in [1.54, 1.807) is 19.1 Å². The van der Waals surface area contributed by atoms with Crippen LogP contribution < -0.4 is 4.90 Å². The zero-order chi connectivity index (χ0) is 35.9. The maximum atomic E-state index is 17.3. The minimum absolute atomic E-state index is 0.0323. The second-order valence-corrected chi connectivity index (χ2v) is 23.7. The van der Waals surface area contributed by atoms with Gasteiger partial charge >= 0.3 is 0 Å². The fourth-order valence-electron chi connectivity index (χ4n) is 9.95. The number of hydrogen-bond donors (Lipinski definition) is 0. The van der Waals surface area contributed by atoms with Crippen LogP contribution in [0.25, 0.3) is 32.9 Å². The molecule has 2 aliphatic heterocycles. The minimum atomic E-state index is -3.87. The molecule has 2 bridgehead atoms. The van der Waals surface area contributed by atoms with Crippen LogP contribution in [0.1, 0.15) is 85.9 Å². The van der Waals surface area contributed by atoms with Crippen molar-refractivity contribution in [3.8, 4) is 22.7 Å². The summed E-state index contributed by atoms with van der Waals surface area (Å²) in [7, 11) is -6.11. The van der Waals surface area contributed by atoms with Crippen LogP contribution in [0.4, 0.5) is 14.6 Å². The number of hydrogen-bond acceptors (Lipinski definition) is 6. The topological polar surface area (TPSA) is 76.0 Å². The Morgan fingerprint density at radius 3 is 2.36 bits per heavy atom. The van der Waals surface area contributed by atoms with E-state index >= 15 is 8.78 Å². The summed E-state index contributed by atoms with van der Waals surface area (Å²) in [4.78, 5) is 16.5. The molecule has 7 rings (SSSR count). The lowest BCUT2D eigenvalue weighted by atomic mass is 9.82. The fraction of sp³-hybridized carbons (Fsp3) is 0.525. The largest absolute Gasteiger partial charge is 0.352 e. The highest BCUT2D eigenvalue weighted by atomic mass is 32.2. The second kappa shape index (κ2) is 12.7. The predicted octanol–water partition coefficient (Wildman–Crippen LogP) is 9.28. The number of fused-ring (bicyclic) bond motifs is 6. The molecule has 2 aromatic heterocycles. The molecule has 10 heteroatoms. The van der Waals surface area contributed by atoms with Crippen molar-refractivity contribution < 1.29 is 17.2 Å². The van der Waals surface area contributed by atoms with Crippen molar-refractivity contribution in [3.63, 3.8) is 0 Å². The third-order valence-corrected chi connectivity index (χ3v) is 20.0. The van der Waals surface area contributed by atoms with Crippen molar-refractivity contribution in [3.05, 3.63) is 53.2 Å². The summed E-state index contributed by atoms with van der Waals surface area (Å²) in [5.41, 5.74) is 6.02. The van der Waals surface area contributed by atoms with E-state index in [-0.39, 0.29) is 39.6 Å². The first kappa shape index (κ1) is 35.0. The smallest absolute Gasteiger partial charge is 0.249 e. The van der Waals surface area contributed by atoms with Crippen LogP contribution >= 0.6 is 0 Å². The Balaban J connectivity index is 1.53. The number of rotatable bonds is 6. The molecule has 0 amide bonds. The Kier molecular flexibility index (Phi) is 8.86. The first-order valence-electron chi connectivity index (χ1n) is 18.3. The van der Waals surface area contributed by atoms with Gasteiger partial charge in [-0.05, 0) is 71.5 Å². The Labute approximate surface area is 296 Å². The van der Waals surface area contributed by atoms with Gasteiger partial charge in [0, 0.05) is 23.5 Å². The van der Waals surface area contributed by atoms with Crippen LogP contribution in [0.5, 0.6) is 0 Å². The van der Waals surface area contributed by atoms with Gasteiger partial charge in [0.1, 0.15) is 30.9 Å². The molecular weight excluding hydrogens is 667 g/mol. The zero-order valence-corrected chi connectivity index (χ0v) is 32.3. The predicted molar refractivity (Wildman–Crippen MR) is 201 cm³/mol. The van der Waals surface area contributed by atoms with Crippen molar-refractivity contribution in [1.82, 2.24) is 15.0 Å². The number of halogens is 2. The maximum absolute atomic E-state index is 17.3. The number of nitrogens with zero attached hydrogens (tertiary/aromatic N) is 4. The van der Waals surface area contributed by atoms with Gasteiger partial charge < -0.3 is 4.90 Å². The van der Waals surface area contributed by atoms with Gasteiger partial charge in [0.05, 0.1) is 22.4 Å². The summed E-state index contributed by atoms with van der Waals surface area (Å²) in [5.74, 6) is 3.55. The maximum Gasteiger partial charge on any atom is 0.249 e. The van der Waals surface area contributed by atoms with E-state index in [1.165, 1.54) is 6.07 Å². The first-order chi connectivity index (χ1) is 23.7. The average molecular weight is 715 g/mol. The molecule has 6 nitrogen and oxygen atoms in total. The van der Waals surface area contributed by atoms with Gasteiger partial charge in [-0.2, -0.15) is 0 Å². The first-order valence-corrected chi connectivity index (χ1v) is 22.2. The number of piperidine rings is 1. The summed E-state index contributed by atoms with van der Waals surface area (Å²) in [6.45, 7) is 17.8. The molecule has 0 unspecified atom stereocenters. The monoisotopic (exact) mass is 714 g/mol. The lowest BCUT2D eigenvalue weighted by Crippen LogP contribution is -2.49. The van der Waals surface area contributed by atoms with Crippen molar-refractivity contribution in [1.29, 1.82) is 0 Å². The molecule has 4 heterocycles. The van der Waals surface area contributed by atoms with E-state index in [9.17, 15) is 8.42 Å². The molecule has 3 aliphatic rings. The fourth-order valence-corrected chi connectivity index (χ4v) is 15.9. The number of benzene rings is 2. The molecule has 2 aromatic carbocycles. The van der Waals surface area contributed by atoms with Crippen LogP contribution in [0.2, 0.25) is 16.6 Å². The van der Waals surface area contributed by atoms with Crippen molar-refractivity contribution in [2.75, 3.05) is 17.2 Å². The Bertz CT molecular complexity index is 2170.